The minimum Gasteiger partial charge on any atom is -0.478 e. The zero-order chi connectivity index (χ0) is 15.4. The van der Waals surface area contributed by atoms with Crippen LogP contribution in [0.4, 0.5) is 5.69 Å². The maximum atomic E-state index is 10.8. The van der Waals surface area contributed by atoms with Gasteiger partial charge < -0.3 is 9.67 Å². The zero-order valence-corrected chi connectivity index (χ0v) is 11.8. The number of carboxylic acids is 1. The lowest BCUT2D eigenvalue weighted by atomic mass is 10.2. The molecule has 2 aromatic carbocycles. The molecule has 0 spiro atoms. The molecule has 1 N–H and O–H groups in total. The average Bonchev–Trinajstić information content (AvgIpc) is 3.02. The predicted octanol–water partition coefficient (Wildman–Crippen LogP) is 3.93. The van der Waals surface area contributed by atoms with Crippen molar-refractivity contribution in [3.8, 4) is 5.69 Å². The van der Waals surface area contributed by atoms with Gasteiger partial charge in [0.15, 0.2) is 0 Å². The molecule has 3 aromatic rings. The smallest absolute Gasteiger partial charge is 0.335 e. The van der Waals surface area contributed by atoms with Crippen molar-refractivity contribution in [2.45, 2.75) is 0 Å². The highest BCUT2D eigenvalue weighted by atomic mass is 16.4. The van der Waals surface area contributed by atoms with Crippen molar-refractivity contribution >= 4 is 17.9 Å². The van der Waals surface area contributed by atoms with Crippen LogP contribution in [0.3, 0.4) is 0 Å². The first kappa shape index (κ1) is 13.8. The van der Waals surface area contributed by atoms with Gasteiger partial charge in [-0.25, -0.2) is 4.79 Å². The lowest BCUT2D eigenvalue weighted by Crippen LogP contribution is -1.97. The lowest BCUT2D eigenvalue weighted by molar-refractivity contribution is 0.0697. The fraction of sp³-hybridized carbons (Fsp3) is 0. The lowest BCUT2D eigenvalue weighted by Gasteiger charge is -2.05. The summed E-state index contributed by atoms with van der Waals surface area (Å²) in [6.07, 6.45) is 3.74. The number of carbonyl (C=O) groups is 1. The number of carboxylic acid groups (broad SMARTS) is 1. The molecule has 0 aliphatic heterocycles. The molecule has 4 heteroatoms. The molecule has 0 bridgehead atoms. The van der Waals surface area contributed by atoms with Crippen LogP contribution in [0, 0.1) is 0 Å². The Morgan fingerprint density at radius 3 is 2.36 bits per heavy atom. The molecule has 108 valence electrons. The van der Waals surface area contributed by atoms with E-state index in [0.717, 1.165) is 11.4 Å². The Labute approximate surface area is 128 Å². The number of hydrogen-bond donors (Lipinski definition) is 1. The number of para-hydroxylation sites is 1. The molecule has 0 fully saturated rings. The Kier molecular flexibility index (Phi) is 3.83. The molecule has 1 aromatic heterocycles. The molecule has 3 rings (SSSR count). The molecule has 1 heterocycles. The van der Waals surface area contributed by atoms with Crippen molar-refractivity contribution < 1.29 is 9.90 Å². The largest absolute Gasteiger partial charge is 0.478 e. The van der Waals surface area contributed by atoms with Crippen LogP contribution in [0.1, 0.15) is 16.1 Å². The molecular formula is C18H14N2O2. The maximum absolute atomic E-state index is 10.8. The molecule has 0 amide bonds. The van der Waals surface area contributed by atoms with E-state index in [1.165, 1.54) is 0 Å². The summed E-state index contributed by atoms with van der Waals surface area (Å²) in [6, 6.07) is 20.4. The second-order valence-electron chi connectivity index (χ2n) is 4.75. The van der Waals surface area contributed by atoms with Crippen molar-refractivity contribution in [2.24, 2.45) is 4.99 Å². The van der Waals surface area contributed by atoms with Crippen LogP contribution < -0.4 is 0 Å². The molecule has 0 saturated heterocycles. The van der Waals surface area contributed by atoms with E-state index in [1.807, 2.05) is 53.2 Å². The Bertz CT molecular complexity index is 803. The van der Waals surface area contributed by atoms with E-state index in [-0.39, 0.29) is 5.56 Å². The van der Waals surface area contributed by atoms with E-state index in [1.54, 1.807) is 30.5 Å². The van der Waals surface area contributed by atoms with E-state index < -0.39 is 5.97 Å². The van der Waals surface area contributed by atoms with Crippen LogP contribution in [-0.4, -0.2) is 21.9 Å². The Balaban J connectivity index is 1.85. The second-order valence-corrected chi connectivity index (χ2v) is 4.75. The van der Waals surface area contributed by atoms with Crippen molar-refractivity contribution in [3.05, 3.63) is 84.2 Å². The van der Waals surface area contributed by atoms with Crippen molar-refractivity contribution in [1.29, 1.82) is 0 Å². The van der Waals surface area contributed by atoms with Gasteiger partial charge in [0, 0.05) is 11.9 Å². The standard InChI is InChI=1S/C18H14N2O2/c21-18(22)14-8-10-15(11-9-14)19-13-17-7-4-12-20(17)16-5-2-1-3-6-16/h1-13H,(H,21,22). The Hall–Kier alpha value is -3.14. The molecule has 4 nitrogen and oxygen atoms in total. The summed E-state index contributed by atoms with van der Waals surface area (Å²) in [5.74, 6) is -0.937. The van der Waals surface area contributed by atoms with Crippen LogP contribution in [0.5, 0.6) is 0 Å². The third-order valence-corrected chi connectivity index (χ3v) is 3.27. The number of nitrogens with zero attached hydrogens (tertiary/aromatic N) is 2. The highest BCUT2D eigenvalue weighted by Crippen LogP contribution is 2.15. The Morgan fingerprint density at radius 2 is 1.68 bits per heavy atom. The van der Waals surface area contributed by atoms with Gasteiger partial charge in [-0.3, -0.25) is 4.99 Å². The minimum atomic E-state index is -0.937. The number of benzene rings is 2. The van der Waals surface area contributed by atoms with Gasteiger partial charge >= 0.3 is 5.97 Å². The van der Waals surface area contributed by atoms with Crippen molar-refractivity contribution in [2.75, 3.05) is 0 Å². The summed E-state index contributed by atoms with van der Waals surface area (Å²) in [5, 5.41) is 8.88. The third kappa shape index (κ3) is 2.96. The van der Waals surface area contributed by atoms with E-state index in [0.29, 0.717) is 5.69 Å². The Morgan fingerprint density at radius 1 is 0.955 bits per heavy atom. The summed E-state index contributed by atoms with van der Waals surface area (Å²) in [6.45, 7) is 0. The van der Waals surface area contributed by atoms with Crippen LogP contribution >= 0.6 is 0 Å². The first-order chi connectivity index (χ1) is 10.7. The van der Waals surface area contributed by atoms with Gasteiger partial charge in [-0.05, 0) is 48.5 Å². The molecule has 0 aliphatic rings. The van der Waals surface area contributed by atoms with E-state index in [9.17, 15) is 4.79 Å². The SMILES string of the molecule is O=C(O)c1ccc(N=Cc2cccn2-c2ccccc2)cc1. The van der Waals surface area contributed by atoms with Crippen molar-refractivity contribution in [3.63, 3.8) is 0 Å². The van der Waals surface area contributed by atoms with Gasteiger partial charge in [-0.1, -0.05) is 18.2 Å². The van der Waals surface area contributed by atoms with Gasteiger partial charge in [0.2, 0.25) is 0 Å². The normalized spacial score (nSPS) is 10.9. The fourth-order valence-electron chi connectivity index (χ4n) is 2.15. The van der Waals surface area contributed by atoms with Crippen LogP contribution in [0.2, 0.25) is 0 Å². The van der Waals surface area contributed by atoms with E-state index in [2.05, 4.69) is 4.99 Å². The van der Waals surface area contributed by atoms with Gasteiger partial charge in [0.05, 0.1) is 23.2 Å². The van der Waals surface area contributed by atoms with Crippen LogP contribution in [-0.2, 0) is 0 Å². The number of rotatable bonds is 4. The topological polar surface area (TPSA) is 54.6 Å². The fourth-order valence-corrected chi connectivity index (χ4v) is 2.15. The molecule has 0 radical (unpaired) electrons. The van der Waals surface area contributed by atoms with Gasteiger partial charge in [-0.2, -0.15) is 0 Å². The molecular weight excluding hydrogens is 276 g/mol. The summed E-state index contributed by atoms with van der Waals surface area (Å²) in [7, 11) is 0. The van der Waals surface area contributed by atoms with Gasteiger partial charge in [-0.15, -0.1) is 0 Å². The highest BCUT2D eigenvalue weighted by Gasteiger charge is 2.02. The number of aromatic nitrogens is 1. The quantitative estimate of drug-likeness (QED) is 0.740. The molecule has 0 unspecified atom stereocenters. The van der Waals surface area contributed by atoms with Crippen LogP contribution in [0.25, 0.3) is 5.69 Å². The number of aliphatic imine (C=N–C) groups is 1. The molecule has 0 atom stereocenters. The first-order valence-electron chi connectivity index (χ1n) is 6.84. The minimum absolute atomic E-state index is 0.256. The second kappa shape index (κ2) is 6.10. The highest BCUT2D eigenvalue weighted by molar-refractivity contribution is 5.88. The van der Waals surface area contributed by atoms with E-state index >= 15 is 0 Å². The van der Waals surface area contributed by atoms with Crippen LogP contribution in [0.15, 0.2) is 77.9 Å². The predicted molar refractivity (Wildman–Crippen MR) is 86.4 cm³/mol. The molecule has 22 heavy (non-hydrogen) atoms. The summed E-state index contributed by atoms with van der Waals surface area (Å²) in [4.78, 5) is 15.2. The number of hydrogen-bond acceptors (Lipinski definition) is 2. The monoisotopic (exact) mass is 290 g/mol. The number of aromatic carboxylic acids is 1. The summed E-state index contributed by atoms with van der Waals surface area (Å²) in [5.41, 5.74) is 2.99. The van der Waals surface area contributed by atoms with E-state index in [4.69, 9.17) is 5.11 Å². The maximum Gasteiger partial charge on any atom is 0.335 e. The molecule has 0 aliphatic carbocycles. The first-order valence-corrected chi connectivity index (χ1v) is 6.84. The van der Waals surface area contributed by atoms with Crippen molar-refractivity contribution in [1.82, 2.24) is 4.57 Å². The average molecular weight is 290 g/mol. The summed E-state index contributed by atoms with van der Waals surface area (Å²) >= 11 is 0. The third-order valence-electron chi connectivity index (χ3n) is 3.27. The molecule has 0 saturated carbocycles. The zero-order valence-electron chi connectivity index (χ0n) is 11.8. The van der Waals surface area contributed by atoms with Gasteiger partial charge in [0.1, 0.15) is 0 Å². The summed E-state index contributed by atoms with van der Waals surface area (Å²) < 4.78 is 2.04. The van der Waals surface area contributed by atoms with Gasteiger partial charge in [0.25, 0.3) is 0 Å².